The van der Waals surface area contributed by atoms with E-state index in [0.717, 1.165) is 0 Å². The Bertz CT molecular complexity index is 671. The van der Waals surface area contributed by atoms with Crippen LogP contribution in [0.2, 0.25) is 10.0 Å². The van der Waals surface area contributed by atoms with E-state index in [-0.39, 0.29) is 32.8 Å². The van der Waals surface area contributed by atoms with Crippen molar-refractivity contribution in [3.8, 4) is 11.5 Å². The molecule has 6 nitrogen and oxygen atoms in total. The smallest absolute Gasteiger partial charge is 0.339 e. The summed E-state index contributed by atoms with van der Waals surface area (Å²) in [6.07, 6.45) is 0. The van der Waals surface area contributed by atoms with Gasteiger partial charge in [-0.3, -0.25) is 10.1 Å². The van der Waals surface area contributed by atoms with Crippen LogP contribution in [0.25, 0.3) is 0 Å². The molecule has 0 fully saturated rings. The van der Waals surface area contributed by atoms with Gasteiger partial charge in [0.1, 0.15) is 11.3 Å². The summed E-state index contributed by atoms with van der Waals surface area (Å²) in [6, 6.07) is 7.62. The van der Waals surface area contributed by atoms with Gasteiger partial charge in [0.15, 0.2) is 0 Å². The molecule has 0 amide bonds. The number of hydrogen-bond donors (Lipinski definition) is 1. The van der Waals surface area contributed by atoms with Crippen molar-refractivity contribution >= 4 is 34.9 Å². The van der Waals surface area contributed by atoms with Gasteiger partial charge < -0.3 is 9.84 Å². The molecule has 2 rings (SSSR count). The molecule has 8 heteroatoms. The fourth-order valence-corrected chi connectivity index (χ4v) is 1.92. The van der Waals surface area contributed by atoms with Crippen LogP contribution in [0.4, 0.5) is 5.69 Å². The second-order valence-electron chi connectivity index (χ2n) is 3.92. The van der Waals surface area contributed by atoms with E-state index in [1.807, 2.05) is 0 Å². The van der Waals surface area contributed by atoms with E-state index < -0.39 is 10.9 Å². The Morgan fingerprint density at radius 1 is 1.10 bits per heavy atom. The Morgan fingerprint density at radius 3 is 2.24 bits per heavy atom. The predicted octanol–water partition coefficient (Wildman–Crippen LogP) is 4.39. The third kappa shape index (κ3) is 3.42. The van der Waals surface area contributed by atoms with Gasteiger partial charge in [0.2, 0.25) is 5.75 Å². The third-order valence-electron chi connectivity index (χ3n) is 2.51. The van der Waals surface area contributed by atoms with Crippen molar-refractivity contribution in [1.29, 1.82) is 0 Å². The third-order valence-corrected chi connectivity index (χ3v) is 2.98. The lowest BCUT2D eigenvalue weighted by Gasteiger charge is -2.09. The monoisotopic (exact) mass is 327 g/mol. The molecule has 0 heterocycles. The molecule has 108 valence electrons. The summed E-state index contributed by atoms with van der Waals surface area (Å²) >= 11 is 11.6. The lowest BCUT2D eigenvalue weighted by atomic mass is 10.2. The van der Waals surface area contributed by atoms with E-state index in [9.17, 15) is 14.9 Å². The molecular formula is C13H7Cl2NO5. The van der Waals surface area contributed by atoms with Crippen LogP contribution in [-0.2, 0) is 0 Å². The van der Waals surface area contributed by atoms with Crippen LogP contribution >= 0.6 is 23.2 Å². The summed E-state index contributed by atoms with van der Waals surface area (Å²) in [4.78, 5) is 21.4. The number of rotatable bonds is 4. The van der Waals surface area contributed by atoms with Crippen LogP contribution < -0.4 is 4.74 Å². The lowest BCUT2D eigenvalue weighted by Crippen LogP contribution is -2.01. The lowest BCUT2D eigenvalue weighted by molar-refractivity contribution is -0.385. The normalized spacial score (nSPS) is 10.2. The minimum atomic E-state index is -1.24. The number of halogens is 2. The number of nitro groups is 1. The molecule has 2 aromatic rings. The molecule has 0 aliphatic rings. The summed E-state index contributed by atoms with van der Waals surface area (Å²) in [7, 11) is 0. The van der Waals surface area contributed by atoms with E-state index in [1.54, 1.807) is 0 Å². The van der Waals surface area contributed by atoms with Gasteiger partial charge in [-0.25, -0.2) is 4.79 Å². The van der Waals surface area contributed by atoms with E-state index in [2.05, 4.69) is 0 Å². The van der Waals surface area contributed by atoms with Crippen LogP contribution in [0.3, 0.4) is 0 Å². The van der Waals surface area contributed by atoms with Gasteiger partial charge in [0.05, 0.1) is 4.92 Å². The van der Waals surface area contributed by atoms with Crippen molar-refractivity contribution in [2.24, 2.45) is 0 Å². The molecule has 2 aromatic carbocycles. The summed E-state index contributed by atoms with van der Waals surface area (Å²) in [6.45, 7) is 0. The van der Waals surface area contributed by atoms with Crippen LogP contribution in [0.5, 0.6) is 11.5 Å². The number of carboxylic acids is 1. The first-order chi connectivity index (χ1) is 9.88. The van der Waals surface area contributed by atoms with Gasteiger partial charge in [-0.2, -0.15) is 0 Å². The van der Waals surface area contributed by atoms with Crippen LogP contribution in [0.1, 0.15) is 10.4 Å². The van der Waals surface area contributed by atoms with Crippen molar-refractivity contribution < 1.29 is 19.6 Å². The van der Waals surface area contributed by atoms with E-state index in [4.69, 9.17) is 33.0 Å². The Kier molecular flexibility index (Phi) is 4.30. The molecule has 21 heavy (non-hydrogen) atoms. The summed E-state index contributed by atoms with van der Waals surface area (Å²) in [5.41, 5.74) is -0.510. The molecule has 0 aliphatic heterocycles. The average Bonchev–Trinajstić information content (AvgIpc) is 2.38. The number of carboxylic acid groups (broad SMARTS) is 1. The minimum absolute atomic E-state index is 0.111. The van der Waals surface area contributed by atoms with E-state index in [0.29, 0.717) is 0 Å². The number of ether oxygens (including phenoxy) is 1. The zero-order chi connectivity index (χ0) is 15.6. The second-order valence-corrected chi connectivity index (χ2v) is 4.79. The highest BCUT2D eigenvalue weighted by Crippen LogP contribution is 2.36. The number of nitro benzene ring substituents is 1. The van der Waals surface area contributed by atoms with Crippen molar-refractivity contribution in [2.45, 2.75) is 0 Å². The highest BCUT2D eigenvalue weighted by molar-refractivity contribution is 6.31. The molecule has 0 aromatic heterocycles. The number of nitrogens with zero attached hydrogens (tertiary/aromatic N) is 1. The summed E-state index contributed by atoms with van der Waals surface area (Å²) in [5, 5.41) is 20.5. The quantitative estimate of drug-likeness (QED) is 0.664. The standard InChI is InChI=1S/C13H7Cl2NO5/c14-7-1-3-9(13(17)18)11(5-7)21-12-6-8(15)2-4-10(12)16(19)20/h1-6H,(H,17,18). The first-order valence-corrected chi connectivity index (χ1v) is 6.28. The molecule has 0 saturated carbocycles. The number of hydrogen-bond acceptors (Lipinski definition) is 4. The fourth-order valence-electron chi connectivity index (χ4n) is 1.60. The molecule has 0 unspecified atom stereocenters. The molecule has 1 N–H and O–H groups in total. The van der Waals surface area contributed by atoms with Gasteiger partial charge >= 0.3 is 11.7 Å². The SMILES string of the molecule is O=C(O)c1ccc(Cl)cc1Oc1cc(Cl)ccc1[N+](=O)[O-]. The number of benzene rings is 2. The average molecular weight is 328 g/mol. The van der Waals surface area contributed by atoms with Gasteiger partial charge in [-0.1, -0.05) is 23.2 Å². The van der Waals surface area contributed by atoms with Gasteiger partial charge in [-0.05, 0) is 18.2 Å². The minimum Gasteiger partial charge on any atom is -0.478 e. The predicted molar refractivity (Wildman–Crippen MR) is 76.6 cm³/mol. The van der Waals surface area contributed by atoms with Crippen LogP contribution in [-0.4, -0.2) is 16.0 Å². The van der Waals surface area contributed by atoms with Crippen LogP contribution in [0.15, 0.2) is 36.4 Å². The highest BCUT2D eigenvalue weighted by atomic mass is 35.5. The van der Waals surface area contributed by atoms with Gasteiger partial charge in [-0.15, -0.1) is 0 Å². The fraction of sp³-hybridized carbons (Fsp3) is 0. The Balaban J connectivity index is 2.52. The second kappa shape index (κ2) is 5.99. The van der Waals surface area contributed by atoms with Crippen molar-refractivity contribution in [1.82, 2.24) is 0 Å². The molecule has 0 atom stereocenters. The molecule has 0 aliphatic carbocycles. The van der Waals surface area contributed by atoms with E-state index in [1.165, 1.54) is 36.4 Å². The molecular weight excluding hydrogens is 321 g/mol. The molecule has 0 spiro atoms. The Morgan fingerprint density at radius 2 is 1.67 bits per heavy atom. The van der Waals surface area contributed by atoms with E-state index >= 15 is 0 Å². The Hall–Kier alpha value is -2.31. The zero-order valence-corrected chi connectivity index (χ0v) is 11.8. The maximum Gasteiger partial charge on any atom is 0.339 e. The highest BCUT2D eigenvalue weighted by Gasteiger charge is 2.19. The molecule has 0 bridgehead atoms. The maximum absolute atomic E-state index is 11.1. The van der Waals surface area contributed by atoms with Crippen LogP contribution in [0, 0.1) is 10.1 Å². The topological polar surface area (TPSA) is 89.7 Å². The van der Waals surface area contributed by atoms with Gasteiger partial charge in [0, 0.05) is 28.2 Å². The van der Waals surface area contributed by atoms with Gasteiger partial charge in [0.25, 0.3) is 0 Å². The number of aromatic carboxylic acids is 1. The summed E-state index contributed by atoms with van der Waals surface area (Å²) in [5.74, 6) is -1.52. The van der Waals surface area contributed by atoms with Crippen molar-refractivity contribution in [2.75, 3.05) is 0 Å². The first-order valence-electron chi connectivity index (χ1n) is 5.53. The maximum atomic E-state index is 11.1. The Labute approximate surface area is 128 Å². The zero-order valence-electron chi connectivity index (χ0n) is 10.2. The van der Waals surface area contributed by atoms with Crippen molar-refractivity contribution in [3.63, 3.8) is 0 Å². The largest absolute Gasteiger partial charge is 0.478 e. The molecule has 0 saturated heterocycles. The molecule has 0 radical (unpaired) electrons. The summed E-state index contributed by atoms with van der Waals surface area (Å²) < 4.78 is 5.33. The first kappa shape index (κ1) is 15.1. The van der Waals surface area contributed by atoms with Crippen molar-refractivity contribution in [3.05, 3.63) is 62.1 Å². The number of carbonyl (C=O) groups is 1.